The van der Waals surface area contributed by atoms with Crippen LogP contribution in [0.15, 0.2) is 84.0 Å². The van der Waals surface area contributed by atoms with Crippen molar-refractivity contribution in [2.45, 2.75) is 11.3 Å². The Morgan fingerprint density at radius 1 is 0.879 bits per heavy atom. The molecule has 2 aromatic carbocycles. The summed E-state index contributed by atoms with van der Waals surface area (Å²) in [6.45, 7) is 0. The minimum atomic E-state index is -4.87. The number of anilines is 1. The monoisotopic (exact) mass is 477 g/mol. The Morgan fingerprint density at radius 3 is 2.15 bits per heavy atom. The van der Waals surface area contributed by atoms with Gasteiger partial charge in [0, 0.05) is 24.1 Å². The fourth-order valence-electron chi connectivity index (χ4n) is 2.64. The van der Waals surface area contributed by atoms with Gasteiger partial charge in [0.25, 0.3) is 10.0 Å². The van der Waals surface area contributed by atoms with Crippen LogP contribution in [0.2, 0.25) is 0 Å². The summed E-state index contributed by atoms with van der Waals surface area (Å²) in [4.78, 5) is -0.232. The van der Waals surface area contributed by atoms with Gasteiger partial charge in [0.2, 0.25) is 5.88 Å². The van der Waals surface area contributed by atoms with Crippen LogP contribution in [-0.4, -0.2) is 34.8 Å². The summed E-state index contributed by atoms with van der Waals surface area (Å²) in [5.41, 5.74) is 0.220. The van der Waals surface area contributed by atoms with Crippen molar-refractivity contribution in [1.82, 2.24) is 20.0 Å². The molecule has 0 aliphatic heterocycles. The van der Waals surface area contributed by atoms with E-state index in [0.29, 0.717) is 11.6 Å². The van der Waals surface area contributed by atoms with Gasteiger partial charge in [0.15, 0.2) is 5.82 Å². The van der Waals surface area contributed by atoms with Crippen LogP contribution in [0.25, 0.3) is 5.82 Å². The van der Waals surface area contributed by atoms with Gasteiger partial charge >= 0.3 is 6.36 Å². The maximum atomic E-state index is 12.5. The second-order valence-electron chi connectivity index (χ2n) is 6.43. The number of nitrogens with one attached hydrogen (secondary N) is 1. The van der Waals surface area contributed by atoms with E-state index in [9.17, 15) is 21.6 Å². The quantitative estimate of drug-likeness (QED) is 0.426. The number of hydrogen-bond acceptors (Lipinski definition) is 7. The molecule has 170 valence electrons. The standard InChI is InChI=1S/C20H14F3N5O4S/c21-20(22,23)32-16-6-8-17(9-7-16)33(29,30)27-14-2-4-15(5-3-14)31-19-11-10-18(25-26-19)28-13-1-12-24-28/h1-13,27H. The van der Waals surface area contributed by atoms with E-state index in [2.05, 4.69) is 24.8 Å². The third kappa shape index (κ3) is 5.77. The van der Waals surface area contributed by atoms with E-state index in [0.717, 1.165) is 24.3 Å². The first-order valence-corrected chi connectivity index (χ1v) is 10.7. The van der Waals surface area contributed by atoms with Crippen molar-refractivity contribution in [1.29, 1.82) is 0 Å². The lowest BCUT2D eigenvalue weighted by Crippen LogP contribution is -2.17. The number of benzene rings is 2. The van der Waals surface area contributed by atoms with Crippen LogP contribution in [0, 0.1) is 0 Å². The first kappa shape index (κ1) is 22.1. The summed E-state index contributed by atoms with van der Waals surface area (Å²) in [6.07, 6.45) is -1.54. The number of nitrogens with zero attached hydrogens (tertiary/aromatic N) is 4. The third-order valence-electron chi connectivity index (χ3n) is 4.06. The van der Waals surface area contributed by atoms with E-state index in [1.54, 1.807) is 30.6 Å². The predicted octanol–water partition coefficient (Wildman–Crippen LogP) is 4.15. The van der Waals surface area contributed by atoms with Crippen LogP contribution < -0.4 is 14.2 Å². The van der Waals surface area contributed by atoms with Gasteiger partial charge in [0.05, 0.1) is 4.90 Å². The molecule has 0 spiro atoms. The first-order valence-electron chi connectivity index (χ1n) is 9.18. The van der Waals surface area contributed by atoms with Crippen molar-refractivity contribution in [3.05, 3.63) is 79.1 Å². The summed E-state index contributed by atoms with van der Waals surface area (Å²) in [6, 6.07) is 14.8. The normalized spacial score (nSPS) is 11.7. The molecule has 0 aliphatic carbocycles. The number of ether oxygens (including phenoxy) is 2. The maximum Gasteiger partial charge on any atom is 0.573 e. The Hall–Kier alpha value is -4.13. The van der Waals surface area contributed by atoms with Crippen molar-refractivity contribution >= 4 is 15.7 Å². The van der Waals surface area contributed by atoms with Crippen LogP contribution >= 0.6 is 0 Å². The topological polar surface area (TPSA) is 108 Å². The Morgan fingerprint density at radius 2 is 1.58 bits per heavy atom. The lowest BCUT2D eigenvalue weighted by molar-refractivity contribution is -0.274. The largest absolute Gasteiger partial charge is 0.573 e. The molecule has 1 N–H and O–H groups in total. The molecule has 0 saturated carbocycles. The molecule has 0 aliphatic rings. The summed E-state index contributed by atoms with van der Waals surface area (Å²) in [5, 5.41) is 12.0. The van der Waals surface area contributed by atoms with E-state index < -0.39 is 22.1 Å². The number of halogens is 3. The van der Waals surface area contributed by atoms with Gasteiger partial charge in [-0.3, -0.25) is 4.72 Å². The molecule has 0 fully saturated rings. The molecule has 4 aromatic rings. The van der Waals surface area contributed by atoms with E-state index in [1.165, 1.54) is 28.9 Å². The lowest BCUT2D eigenvalue weighted by Gasteiger charge is -2.11. The van der Waals surface area contributed by atoms with E-state index in [-0.39, 0.29) is 16.5 Å². The van der Waals surface area contributed by atoms with Gasteiger partial charge in [-0.15, -0.1) is 23.4 Å². The van der Waals surface area contributed by atoms with Crippen LogP contribution in [0.4, 0.5) is 18.9 Å². The number of sulfonamides is 1. The fraction of sp³-hybridized carbons (Fsp3) is 0.0500. The second-order valence-corrected chi connectivity index (χ2v) is 8.11. The van der Waals surface area contributed by atoms with Crippen molar-refractivity contribution in [2.75, 3.05) is 4.72 Å². The molecule has 0 bridgehead atoms. The molecule has 0 unspecified atom stereocenters. The molecular weight excluding hydrogens is 463 g/mol. The molecule has 4 rings (SSSR count). The zero-order valence-corrected chi connectivity index (χ0v) is 17.3. The Kier molecular flexibility index (Phi) is 5.87. The van der Waals surface area contributed by atoms with Crippen LogP contribution in [-0.2, 0) is 10.0 Å². The molecule has 13 heteroatoms. The molecular formula is C20H14F3N5O4S. The molecule has 33 heavy (non-hydrogen) atoms. The summed E-state index contributed by atoms with van der Waals surface area (Å²) in [5.74, 6) is 0.590. The number of rotatable bonds is 7. The highest BCUT2D eigenvalue weighted by Crippen LogP contribution is 2.26. The number of hydrogen-bond donors (Lipinski definition) is 1. The molecule has 2 aromatic heterocycles. The molecule has 2 heterocycles. The van der Waals surface area contributed by atoms with E-state index >= 15 is 0 Å². The first-order chi connectivity index (χ1) is 15.7. The fourth-order valence-corrected chi connectivity index (χ4v) is 3.70. The van der Waals surface area contributed by atoms with Gasteiger partial charge in [-0.05, 0) is 60.7 Å². The third-order valence-corrected chi connectivity index (χ3v) is 5.46. The van der Waals surface area contributed by atoms with Crippen molar-refractivity contribution < 1.29 is 31.1 Å². The van der Waals surface area contributed by atoms with Crippen LogP contribution in [0.5, 0.6) is 17.4 Å². The van der Waals surface area contributed by atoms with E-state index in [4.69, 9.17) is 4.74 Å². The Bertz CT molecular complexity index is 1310. The summed E-state index contributed by atoms with van der Waals surface area (Å²) in [7, 11) is -4.03. The Balaban J connectivity index is 1.39. The number of alkyl halides is 3. The molecule has 0 radical (unpaired) electrons. The lowest BCUT2D eigenvalue weighted by atomic mass is 10.3. The average Bonchev–Trinajstić information content (AvgIpc) is 3.30. The molecule has 0 saturated heterocycles. The molecule has 0 atom stereocenters. The highest BCUT2D eigenvalue weighted by atomic mass is 32.2. The highest BCUT2D eigenvalue weighted by molar-refractivity contribution is 7.92. The van der Waals surface area contributed by atoms with Crippen molar-refractivity contribution in [3.8, 4) is 23.2 Å². The average molecular weight is 477 g/mol. The number of aromatic nitrogens is 4. The van der Waals surface area contributed by atoms with Crippen molar-refractivity contribution in [3.63, 3.8) is 0 Å². The summed E-state index contributed by atoms with van der Waals surface area (Å²) >= 11 is 0. The van der Waals surface area contributed by atoms with Gasteiger partial charge in [-0.25, -0.2) is 13.1 Å². The zero-order chi connectivity index (χ0) is 23.5. The van der Waals surface area contributed by atoms with Gasteiger partial charge in [0.1, 0.15) is 11.5 Å². The molecule has 9 nitrogen and oxygen atoms in total. The SMILES string of the molecule is O=S(=O)(Nc1ccc(Oc2ccc(-n3cccn3)nn2)cc1)c1ccc(OC(F)(F)F)cc1. The van der Waals surface area contributed by atoms with Crippen LogP contribution in [0.1, 0.15) is 0 Å². The summed E-state index contributed by atoms with van der Waals surface area (Å²) < 4.78 is 74.8. The molecule has 0 amide bonds. The zero-order valence-electron chi connectivity index (χ0n) is 16.5. The van der Waals surface area contributed by atoms with Crippen LogP contribution in [0.3, 0.4) is 0 Å². The minimum Gasteiger partial charge on any atom is -0.438 e. The maximum absolute atomic E-state index is 12.5. The predicted molar refractivity (Wildman–Crippen MR) is 110 cm³/mol. The smallest absolute Gasteiger partial charge is 0.438 e. The van der Waals surface area contributed by atoms with E-state index in [1.807, 2.05) is 0 Å². The van der Waals surface area contributed by atoms with Gasteiger partial charge < -0.3 is 9.47 Å². The van der Waals surface area contributed by atoms with Crippen molar-refractivity contribution in [2.24, 2.45) is 0 Å². The Labute approximate surface area is 185 Å². The van der Waals surface area contributed by atoms with Gasteiger partial charge in [-0.1, -0.05) is 0 Å². The second kappa shape index (κ2) is 8.78. The minimum absolute atomic E-state index is 0.220. The highest BCUT2D eigenvalue weighted by Gasteiger charge is 2.31. The van der Waals surface area contributed by atoms with Gasteiger partial charge in [-0.2, -0.15) is 5.10 Å².